The topological polar surface area (TPSA) is 101 Å². The largest absolute Gasteiger partial charge is 0.458 e. The van der Waals surface area contributed by atoms with E-state index in [-0.39, 0.29) is 6.54 Å². The molecule has 0 spiro atoms. The van der Waals surface area contributed by atoms with Crippen LogP contribution in [-0.2, 0) is 4.79 Å². The van der Waals surface area contributed by atoms with Crippen LogP contribution in [0.1, 0.15) is 18.6 Å². The molecule has 0 atom stereocenters. The molecule has 2 N–H and O–H groups in total. The van der Waals surface area contributed by atoms with Crippen molar-refractivity contribution in [3.8, 4) is 22.3 Å². The van der Waals surface area contributed by atoms with Crippen LogP contribution in [0.25, 0.3) is 22.3 Å². The molecule has 29 heavy (non-hydrogen) atoms. The first-order valence-electron chi connectivity index (χ1n) is 9.70. The third-order valence-corrected chi connectivity index (χ3v) is 5.68. The highest BCUT2D eigenvalue weighted by molar-refractivity contribution is 7.13. The second-order valence-electron chi connectivity index (χ2n) is 7.12. The van der Waals surface area contributed by atoms with Gasteiger partial charge in [-0.3, -0.25) is 4.79 Å². The molecule has 1 aliphatic rings. The molecule has 1 fully saturated rings. The van der Waals surface area contributed by atoms with Gasteiger partial charge in [-0.25, -0.2) is 15.0 Å². The Morgan fingerprint density at radius 3 is 2.79 bits per heavy atom. The molecule has 9 heteroatoms. The highest BCUT2D eigenvalue weighted by Crippen LogP contribution is 2.28. The summed E-state index contributed by atoms with van der Waals surface area (Å²) in [5.41, 5.74) is 6.23. The molecule has 8 nitrogen and oxygen atoms in total. The Kier molecular flexibility index (Phi) is 5.86. The first-order chi connectivity index (χ1) is 14.1. The average Bonchev–Trinajstić information content (AvgIpc) is 3.46. The second kappa shape index (κ2) is 8.71. The van der Waals surface area contributed by atoms with Gasteiger partial charge in [0.25, 0.3) is 0 Å². The Bertz CT molecular complexity index is 965. The van der Waals surface area contributed by atoms with Gasteiger partial charge in [-0.2, -0.15) is 0 Å². The van der Waals surface area contributed by atoms with Crippen LogP contribution in [0, 0.1) is 6.92 Å². The van der Waals surface area contributed by atoms with Gasteiger partial charge in [-0.1, -0.05) is 0 Å². The summed E-state index contributed by atoms with van der Waals surface area (Å²) in [5.74, 6) is 2.09. The Labute approximate surface area is 173 Å². The van der Waals surface area contributed by atoms with Crippen LogP contribution >= 0.6 is 11.3 Å². The van der Waals surface area contributed by atoms with Crippen molar-refractivity contribution in [3.05, 3.63) is 35.5 Å². The van der Waals surface area contributed by atoms with Gasteiger partial charge in [-0.15, -0.1) is 11.3 Å². The fraction of sp³-hybridized carbons (Fsp3) is 0.400. The fourth-order valence-corrected chi connectivity index (χ4v) is 4.05. The number of thiazole rings is 1. The van der Waals surface area contributed by atoms with Crippen molar-refractivity contribution in [2.24, 2.45) is 5.73 Å². The zero-order chi connectivity index (χ0) is 20.2. The van der Waals surface area contributed by atoms with E-state index in [9.17, 15) is 4.79 Å². The minimum atomic E-state index is -0.392. The van der Waals surface area contributed by atoms with Crippen molar-refractivity contribution < 1.29 is 9.21 Å². The lowest BCUT2D eigenvalue weighted by atomic mass is 10.3. The van der Waals surface area contributed by atoms with Gasteiger partial charge in [0.2, 0.25) is 5.91 Å². The summed E-state index contributed by atoms with van der Waals surface area (Å²) < 4.78 is 5.74. The average molecular weight is 413 g/mol. The number of aromatic nitrogens is 3. The standard InChI is InChI=1S/C20H24N6O2S/c1-14-4-5-16(28-14)19-23-15(20-22-6-11-29-20)12-18(24-19)26(13-17(21)27)10-9-25-7-2-3-8-25/h4-6,11-12H,2-3,7-10,13H2,1H3,(H2,21,27). The molecular weight excluding hydrogens is 388 g/mol. The van der Waals surface area contributed by atoms with E-state index < -0.39 is 5.91 Å². The molecule has 0 bridgehead atoms. The number of anilines is 1. The van der Waals surface area contributed by atoms with Crippen LogP contribution in [0.15, 0.2) is 34.2 Å². The van der Waals surface area contributed by atoms with Crippen LogP contribution < -0.4 is 10.6 Å². The molecule has 3 aromatic rings. The molecule has 1 aliphatic heterocycles. The third kappa shape index (κ3) is 4.80. The summed E-state index contributed by atoms with van der Waals surface area (Å²) in [4.78, 5) is 29.8. The third-order valence-electron chi connectivity index (χ3n) is 4.88. The first-order valence-corrected chi connectivity index (χ1v) is 10.6. The molecule has 1 saturated heterocycles. The summed E-state index contributed by atoms with van der Waals surface area (Å²) in [6.07, 6.45) is 4.19. The van der Waals surface area contributed by atoms with Crippen molar-refractivity contribution in [2.75, 3.05) is 37.6 Å². The van der Waals surface area contributed by atoms with Crippen LogP contribution in [0.5, 0.6) is 0 Å². The molecule has 152 valence electrons. The highest BCUT2D eigenvalue weighted by atomic mass is 32.1. The van der Waals surface area contributed by atoms with Gasteiger partial charge in [0.15, 0.2) is 11.6 Å². The zero-order valence-corrected chi connectivity index (χ0v) is 17.2. The predicted molar refractivity (Wildman–Crippen MR) is 113 cm³/mol. The lowest BCUT2D eigenvalue weighted by molar-refractivity contribution is -0.116. The van der Waals surface area contributed by atoms with Crippen molar-refractivity contribution in [1.29, 1.82) is 0 Å². The lowest BCUT2D eigenvalue weighted by Crippen LogP contribution is -2.39. The fourth-order valence-electron chi connectivity index (χ4n) is 3.45. The van der Waals surface area contributed by atoms with E-state index >= 15 is 0 Å². The number of hydrogen-bond donors (Lipinski definition) is 1. The van der Waals surface area contributed by atoms with Gasteiger partial charge < -0.3 is 20.0 Å². The highest BCUT2D eigenvalue weighted by Gasteiger charge is 2.19. The van der Waals surface area contributed by atoms with Crippen molar-refractivity contribution in [2.45, 2.75) is 19.8 Å². The van der Waals surface area contributed by atoms with Crippen LogP contribution in [0.3, 0.4) is 0 Å². The van der Waals surface area contributed by atoms with Crippen LogP contribution in [0.2, 0.25) is 0 Å². The molecule has 0 aliphatic carbocycles. The molecule has 0 saturated carbocycles. The van der Waals surface area contributed by atoms with E-state index in [4.69, 9.17) is 15.1 Å². The smallest absolute Gasteiger partial charge is 0.236 e. The quantitative estimate of drug-likeness (QED) is 0.607. The number of likely N-dealkylation sites (tertiary alicyclic amines) is 1. The predicted octanol–water partition coefficient (Wildman–Crippen LogP) is 2.56. The van der Waals surface area contributed by atoms with Gasteiger partial charge in [-0.05, 0) is 45.0 Å². The molecular formula is C20H24N6O2S. The number of rotatable bonds is 8. The summed E-state index contributed by atoms with van der Waals surface area (Å²) in [5, 5.41) is 2.69. The number of carbonyl (C=O) groups is 1. The maximum atomic E-state index is 11.7. The summed E-state index contributed by atoms with van der Waals surface area (Å²) in [7, 11) is 0. The first kappa shape index (κ1) is 19.5. The summed E-state index contributed by atoms with van der Waals surface area (Å²) in [6, 6.07) is 5.59. The number of amides is 1. The minimum Gasteiger partial charge on any atom is -0.458 e. The Morgan fingerprint density at radius 2 is 2.14 bits per heavy atom. The molecule has 0 aromatic carbocycles. The van der Waals surface area contributed by atoms with E-state index in [1.807, 2.05) is 35.4 Å². The van der Waals surface area contributed by atoms with Crippen molar-refractivity contribution >= 4 is 23.1 Å². The number of aryl methyl sites for hydroxylation is 1. The van der Waals surface area contributed by atoms with E-state index in [0.717, 1.165) is 30.4 Å². The minimum absolute atomic E-state index is 0.0960. The van der Waals surface area contributed by atoms with Gasteiger partial charge in [0.05, 0.1) is 6.54 Å². The second-order valence-corrected chi connectivity index (χ2v) is 8.01. The SMILES string of the molecule is Cc1ccc(-c2nc(-c3nccs3)cc(N(CCN3CCCC3)CC(N)=O)n2)o1. The Balaban J connectivity index is 1.69. The molecule has 3 aromatic heterocycles. The molecule has 1 amide bonds. The number of furan rings is 1. The monoisotopic (exact) mass is 412 g/mol. The number of nitrogens with two attached hydrogens (primary N) is 1. The number of primary amides is 1. The van der Waals surface area contributed by atoms with Gasteiger partial charge >= 0.3 is 0 Å². The number of nitrogens with zero attached hydrogens (tertiary/aromatic N) is 5. The van der Waals surface area contributed by atoms with E-state index in [1.54, 1.807) is 6.20 Å². The van der Waals surface area contributed by atoms with Gasteiger partial charge in [0.1, 0.15) is 22.3 Å². The number of hydrogen-bond acceptors (Lipinski definition) is 8. The van der Waals surface area contributed by atoms with Crippen LogP contribution in [-0.4, -0.2) is 58.5 Å². The van der Waals surface area contributed by atoms with Crippen molar-refractivity contribution in [1.82, 2.24) is 19.9 Å². The van der Waals surface area contributed by atoms with E-state index in [0.29, 0.717) is 29.6 Å². The molecule has 4 rings (SSSR count). The maximum absolute atomic E-state index is 11.7. The summed E-state index contributed by atoms with van der Waals surface area (Å²) >= 11 is 1.50. The Hall–Kier alpha value is -2.78. The molecule has 0 unspecified atom stereocenters. The number of carbonyl (C=O) groups excluding carboxylic acids is 1. The molecule has 0 radical (unpaired) electrons. The van der Waals surface area contributed by atoms with E-state index in [1.165, 1.54) is 24.2 Å². The Morgan fingerprint density at radius 1 is 1.31 bits per heavy atom. The lowest BCUT2D eigenvalue weighted by Gasteiger charge is -2.25. The zero-order valence-electron chi connectivity index (χ0n) is 16.4. The maximum Gasteiger partial charge on any atom is 0.236 e. The summed E-state index contributed by atoms with van der Waals surface area (Å²) in [6.45, 7) is 5.68. The molecule has 4 heterocycles. The van der Waals surface area contributed by atoms with E-state index in [2.05, 4.69) is 14.9 Å². The normalized spacial score (nSPS) is 14.4. The van der Waals surface area contributed by atoms with Crippen LogP contribution in [0.4, 0.5) is 5.82 Å². The van der Waals surface area contributed by atoms with Gasteiger partial charge in [0, 0.05) is 30.7 Å². The van der Waals surface area contributed by atoms with Crippen molar-refractivity contribution in [3.63, 3.8) is 0 Å².